The van der Waals surface area contributed by atoms with Crippen LogP contribution in [0.5, 0.6) is 0 Å². The van der Waals surface area contributed by atoms with Crippen molar-refractivity contribution in [2.45, 2.75) is 19.4 Å². The summed E-state index contributed by atoms with van der Waals surface area (Å²) in [6.07, 6.45) is 0.463. The Kier molecular flexibility index (Phi) is 8.39. The smallest absolute Gasteiger partial charge is 0.243 e. The first-order valence-electron chi connectivity index (χ1n) is 7.30. The van der Waals surface area contributed by atoms with E-state index < -0.39 is 0 Å². The zero-order valence-corrected chi connectivity index (χ0v) is 14.1. The summed E-state index contributed by atoms with van der Waals surface area (Å²) in [5.74, 6) is 1.41. The summed E-state index contributed by atoms with van der Waals surface area (Å²) in [5.41, 5.74) is 0. The van der Waals surface area contributed by atoms with Gasteiger partial charge < -0.3 is 15.5 Å². The predicted molar refractivity (Wildman–Crippen MR) is 87.8 cm³/mol. The number of nitrogens with zero attached hydrogens (tertiary/aromatic N) is 2. The predicted octanol–water partition coefficient (Wildman–Crippen LogP) is -0.259. The van der Waals surface area contributed by atoms with Crippen molar-refractivity contribution >= 4 is 36.0 Å². The van der Waals surface area contributed by atoms with Crippen molar-refractivity contribution in [2.75, 3.05) is 50.9 Å². The van der Waals surface area contributed by atoms with Gasteiger partial charge in [-0.15, -0.1) is 24.2 Å². The Hall–Kier alpha value is -0.500. The molecule has 2 amide bonds. The van der Waals surface area contributed by atoms with Crippen LogP contribution in [0.15, 0.2) is 0 Å². The first kappa shape index (κ1) is 18.5. The van der Waals surface area contributed by atoms with Crippen molar-refractivity contribution in [1.82, 2.24) is 20.4 Å². The van der Waals surface area contributed by atoms with Gasteiger partial charge in [0.15, 0.2) is 0 Å². The number of carbonyl (C=O) groups excluding carboxylic acids is 2. The highest BCUT2D eigenvalue weighted by molar-refractivity contribution is 7.99. The Labute approximate surface area is 136 Å². The summed E-state index contributed by atoms with van der Waals surface area (Å²) < 4.78 is 0. The molecular weight excluding hydrogens is 312 g/mol. The fourth-order valence-electron chi connectivity index (χ4n) is 2.50. The van der Waals surface area contributed by atoms with E-state index in [0.717, 1.165) is 32.7 Å². The van der Waals surface area contributed by atoms with E-state index in [0.29, 0.717) is 24.6 Å². The van der Waals surface area contributed by atoms with Crippen molar-refractivity contribution in [2.24, 2.45) is 0 Å². The highest BCUT2D eigenvalue weighted by atomic mass is 35.5. The summed E-state index contributed by atoms with van der Waals surface area (Å²) in [7, 11) is 0. The minimum Gasteiger partial charge on any atom is -0.353 e. The van der Waals surface area contributed by atoms with Gasteiger partial charge >= 0.3 is 0 Å². The molecule has 2 aliphatic heterocycles. The Morgan fingerprint density at radius 2 is 2.05 bits per heavy atom. The number of hydrogen-bond donors (Lipinski definition) is 2. The van der Waals surface area contributed by atoms with Gasteiger partial charge in [-0.1, -0.05) is 6.92 Å². The van der Waals surface area contributed by atoms with Crippen molar-refractivity contribution in [3.8, 4) is 0 Å². The van der Waals surface area contributed by atoms with Gasteiger partial charge in [-0.3, -0.25) is 14.5 Å². The first-order valence-corrected chi connectivity index (χ1v) is 8.46. The van der Waals surface area contributed by atoms with E-state index in [1.54, 1.807) is 16.7 Å². The van der Waals surface area contributed by atoms with Gasteiger partial charge in [-0.2, -0.15) is 0 Å². The molecule has 2 rings (SSSR count). The Balaban J connectivity index is 0.00000220. The van der Waals surface area contributed by atoms with Crippen LogP contribution in [0.1, 0.15) is 13.3 Å². The van der Waals surface area contributed by atoms with Crippen molar-refractivity contribution in [1.29, 1.82) is 0 Å². The number of halogens is 1. The maximum Gasteiger partial charge on any atom is 0.243 e. The lowest BCUT2D eigenvalue weighted by atomic mass is 10.2. The van der Waals surface area contributed by atoms with Crippen LogP contribution in [0.4, 0.5) is 0 Å². The molecule has 0 aliphatic carbocycles. The molecule has 1 atom stereocenters. The van der Waals surface area contributed by atoms with Crippen LogP contribution in [0, 0.1) is 0 Å². The van der Waals surface area contributed by atoms with Gasteiger partial charge in [0, 0.05) is 51.4 Å². The molecule has 21 heavy (non-hydrogen) atoms. The molecule has 0 saturated carbocycles. The third-order valence-corrected chi connectivity index (χ3v) is 4.76. The Morgan fingerprint density at radius 1 is 1.33 bits per heavy atom. The summed E-state index contributed by atoms with van der Waals surface area (Å²) >= 11 is 1.65. The number of carbonyl (C=O) groups is 2. The molecule has 0 bridgehead atoms. The quantitative estimate of drug-likeness (QED) is 0.724. The molecule has 0 radical (unpaired) electrons. The van der Waals surface area contributed by atoms with Crippen molar-refractivity contribution in [3.63, 3.8) is 0 Å². The van der Waals surface area contributed by atoms with Gasteiger partial charge in [0.05, 0.1) is 5.88 Å². The maximum absolute atomic E-state index is 12.2. The molecule has 2 saturated heterocycles. The van der Waals surface area contributed by atoms with E-state index in [4.69, 9.17) is 0 Å². The third-order valence-electron chi connectivity index (χ3n) is 3.74. The largest absolute Gasteiger partial charge is 0.353 e. The van der Waals surface area contributed by atoms with Crippen LogP contribution in [0.25, 0.3) is 0 Å². The minimum absolute atomic E-state index is 0. The van der Waals surface area contributed by atoms with Crippen LogP contribution < -0.4 is 10.6 Å². The maximum atomic E-state index is 12.2. The minimum atomic E-state index is -0.282. The SMILES string of the molecule is CCC(=O)N1CSCC1C(=O)NCCN1CCNCC1.Cl. The van der Waals surface area contributed by atoms with E-state index in [9.17, 15) is 9.59 Å². The molecule has 8 heteroatoms. The average Bonchev–Trinajstić information content (AvgIpc) is 2.97. The molecule has 0 spiro atoms. The molecular formula is C13H25ClN4O2S. The third kappa shape index (κ3) is 5.32. The van der Waals surface area contributed by atoms with E-state index in [2.05, 4.69) is 15.5 Å². The topological polar surface area (TPSA) is 64.7 Å². The molecule has 2 N–H and O–H groups in total. The fraction of sp³-hybridized carbons (Fsp3) is 0.846. The highest BCUT2D eigenvalue weighted by Gasteiger charge is 2.33. The van der Waals surface area contributed by atoms with Gasteiger partial charge in [0.25, 0.3) is 0 Å². The van der Waals surface area contributed by atoms with Gasteiger partial charge in [-0.05, 0) is 0 Å². The molecule has 122 valence electrons. The van der Waals surface area contributed by atoms with Crippen molar-refractivity contribution < 1.29 is 9.59 Å². The zero-order valence-electron chi connectivity index (χ0n) is 12.5. The lowest BCUT2D eigenvalue weighted by Crippen LogP contribution is -2.50. The number of hydrogen-bond acceptors (Lipinski definition) is 5. The van der Waals surface area contributed by atoms with Gasteiger partial charge in [0.1, 0.15) is 6.04 Å². The highest BCUT2D eigenvalue weighted by Crippen LogP contribution is 2.21. The molecule has 2 fully saturated rings. The van der Waals surface area contributed by atoms with Gasteiger partial charge in [-0.25, -0.2) is 0 Å². The number of nitrogens with one attached hydrogen (secondary N) is 2. The lowest BCUT2D eigenvalue weighted by Gasteiger charge is -2.28. The van der Waals surface area contributed by atoms with Gasteiger partial charge in [0.2, 0.25) is 11.8 Å². The van der Waals surface area contributed by atoms with Crippen LogP contribution in [0.3, 0.4) is 0 Å². The second-order valence-corrected chi connectivity index (χ2v) is 6.12. The monoisotopic (exact) mass is 336 g/mol. The summed E-state index contributed by atoms with van der Waals surface area (Å²) in [5, 5.41) is 6.28. The summed E-state index contributed by atoms with van der Waals surface area (Å²) in [6.45, 7) is 7.50. The van der Waals surface area contributed by atoms with E-state index in [-0.39, 0.29) is 30.3 Å². The molecule has 2 heterocycles. The summed E-state index contributed by atoms with van der Waals surface area (Å²) in [6, 6.07) is -0.282. The normalized spacial score (nSPS) is 22.7. The molecule has 2 aliphatic rings. The zero-order chi connectivity index (χ0) is 14.4. The Morgan fingerprint density at radius 3 is 2.71 bits per heavy atom. The molecule has 0 aromatic rings. The lowest BCUT2D eigenvalue weighted by molar-refractivity contribution is -0.137. The van der Waals surface area contributed by atoms with Crippen molar-refractivity contribution in [3.05, 3.63) is 0 Å². The standard InChI is InChI=1S/C13H24N4O2S.ClH/c1-2-12(18)17-10-20-9-11(17)13(19)15-5-8-16-6-3-14-4-7-16;/h11,14H,2-10H2,1H3,(H,15,19);1H. The second-order valence-electron chi connectivity index (χ2n) is 5.12. The number of amides is 2. The van der Waals surface area contributed by atoms with Crippen LogP contribution in [0.2, 0.25) is 0 Å². The molecule has 6 nitrogen and oxygen atoms in total. The van der Waals surface area contributed by atoms with E-state index in [1.165, 1.54) is 0 Å². The molecule has 1 unspecified atom stereocenters. The average molecular weight is 337 g/mol. The van der Waals surface area contributed by atoms with Crippen LogP contribution in [-0.2, 0) is 9.59 Å². The number of piperazine rings is 1. The fourth-order valence-corrected chi connectivity index (χ4v) is 3.68. The molecule has 0 aromatic carbocycles. The molecule has 0 aromatic heterocycles. The van der Waals surface area contributed by atoms with E-state index >= 15 is 0 Å². The van der Waals surface area contributed by atoms with E-state index in [1.807, 2.05) is 6.92 Å². The first-order chi connectivity index (χ1) is 9.72. The number of rotatable bonds is 5. The number of thioether (sulfide) groups is 1. The van der Waals surface area contributed by atoms with Crippen LogP contribution in [-0.4, -0.2) is 78.6 Å². The van der Waals surface area contributed by atoms with Crippen LogP contribution >= 0.6 is 24.2 Å². The Bertz CT molecular complexity index is 353. The summed E-state index contributed by atoms with van der Waals surface area (Å²) in [4.78, 5) is 28.0. The second kappa shape index (κ2) is 9.50.